The normalized spacial score (nSPS) is 24.3. The highest BCUT2D eigenvalue weighted by atomic mass is 32.1. The van der Waals surface area contributed by atoms with E-state index in [1.165, 1.54) is 51.4 Å². The molecule has 1 N–H and O–H groups in total. The molecule has 2 aliphatic rings. The van der Waals surface area contributed by atoms with E-state index in [-0.39, 0.29) is 0 Å². The number of nitrogens with zero attached hydrogens (tertiary/aromatic N) is 3. The molecule has 0 radical (unpaired) electrons. The summed E-state index contributed by atoms with van der Waals surface area (Å²) < 4.78 is 0. The average molecular weight is 308 g/mol. The summed E-state index contributed by atoms with van der Waals surface area (Å²) in [5, 5.41) is 5.73. The minimum Gasteiger partial charge on any atom is -0.314 e. The van der Waals surface area contributed by atoms with Gasteiger partial charge < -0.3 is 10.2 Å². The van der Waals surface area contributed by atoms with Crippen LogP contribution in [0.5, 0.6) is 0 Å². The average Bonchev–Trinajstić information content (AvgIpc) is 2.93. The molecule has 0 amide bonds. The number of rotatable bonds is 4. The number of likely N-dealkylation sites (N-methyl/N-ethyl adjacent to an activating group) is 1. The Morgan fingerprint density at radius 1 is 1.14 bits per heavy atom. The molecule has 2 aliphatic heterocycles. The van der Waals surface area contributed by atoms with Crippen LogP contribution in [0.25, 0.3) is 0 Å². The molecular formula is C16H28N4S. The zero-order valence-electron chi connectivity index (χ0n) is 13.3. The Labute approximate surface area is 132 Å². The van der Waals surface area contributed by atoms with Crippen molar-refractivity contribution in [2.45, 2.75) is 13.0 Å². The highest BCUT2D eigenvalue weighted by molar-refractivity contribution is 7.10. The summed E-state index contributed by atoms with van der Waals surface area (Å²) in [6.45, 7) is 12.9. The summed E-state index contributed by atoms with van der Waals surface area (Å²) in [7, 11) is 2.23. The lowest BCUT2D eigenvalue weighted by atomic mass is 10.1. The molecule has 0 aliphatic carbocycles. The molecule has 0 spiro atoms. The Morgan fingerprint density at radius 2 is 1.86 bits per heavy atom. The van der Waals surface area contributed by atoms with Crippen molar-refractivity contribution in [1.82, 2.24) is 20.0 Å². The van der Waals surface area contributed by atoms with E-state index in [4.69, 9.17) is 0 Å². The van der Waals surface area contributed by atoms with Gasteiger partial charge in [0.25, 0.3) is 0 Å². The molecule has 1 atom stereocenters. The third kappa shape index (κ3) is 3.85. The third-order valence-electron chi connectivity index (χ3n) is 4.82. The van der Waals surface area contributed by atoms with Crippen molar-refractivity contribution in [3.63, 3.8) is 0 Å². The van der Waals surface area contributed by atoms with Crippen LogP contribution in [0.2, 0.25) is 0 Å². The zero-order chi connectivity index (χ0) is 14.7. The Bertz CT molecular complexity index is 433. The van der Waals surface area contributed by atoms with Gasteiger partial charge in [-0.3, -0.25) is 9.80 Å². The Morgan fingerprint density at radius 3 is 2.48 bits per heavy atom. The zero-order valence-corrected chi connectivity index (χ0v) is 14.2. The van der Waals surface area contributed by atoms with E-state index in [0.29, 0.717) is 6.04 Å². The molecule has 3 rings (SSSR count). The lowest BCUT2D eigenvalue weighted by Gasteiger charge is -2.40. The van der Waals surface area contributed by atoms with Crippen LogP contribution in [-0.2, 0) is 0 Å². The number of thiophene rings is 1. The van der Waals surface area contributed by atoms with Crippen LogP contribution in [0.3, 0.4) is 0 Å². The van der Waals surface area contributed by atoms with Gasteiger partial charge in [0.05, 0.1) is 6.04 Å². The number of nitrogens with one attached hydrogen (secondary N) is 1. The van der Waals surface area contributed by atoms with E-state index in [2.05, 4.69) is 45.4 Å². The van der Waals surface area contributed by atoms with Gasteiger partial charge in [-0.1, -0.05) is 0 Å². The second kappa shape index (κ2) is 7.20. The van der Waals surface area contributed by atoms with Gasteiger partial charge in [0.1, 0.15) is 0 Å². The molecule has 4 nitrogen and oxygen atoms in total. The van der Waals surface area contributed by atoms with Crippen LogP contribution in [-0.4, -0.2) is 80.7 Å². The Balaban J connectivity index is 1.71. The maximum absolute atomic E-state index is 3.48. The van der Waals surface area contributed by atoms with Crippen molar-refractivity contribution >= 4 is 11.3 Å². The second-order valence-corrected chi connectivity index (χ2v) is 7.32. The first-order valence-corrected chi connectivity index (χ1v) is 9.01. The first-order valence-electron chi connectivity index (χ1n) is 8.13. The number of aryl methyl sites for hydroxylation is 1. The van der Waals surface area contributed by atoms with E-state index in [0.717, 1.165) is 13.1 Å². The summed E-state index contributed by atoms with van der Waals surface area (Å²) in [5.74, 6) is 0. The quantitative estimate of drug-likeness (QED) is 0.904. The molecule has 0 aromatic carbocycles. The molecule has 3 heterocycles. The second-order valence-electron chi connectivity index (χ2n) is 6.37. The molecular weight excluding hydrogens is 280 g/mol. The minimum absolute atomic E-state index is 0.579. The highest BCUT2D eigenvalue weighted by Gasteiger charge is 2.27. The van der Waals surface area contributed by atoms with Gasteiger partial charge in [0, 0.05) is 63.8 Å². The van der Waals surface area contributed by atoms with Gasteiger partial charge in [-0.05, 0) is 31.0 Å². The molecule has 5 heteroatoms. The molecule has 118 valence electrons. The minimum atomic E-state index is 0.579. The molecule has 1 unspecified atom stereocenters. The maximum atomic E-state index is 3.48. The summed E-state index contributed by atoms with van der Waals surface area (Å²) in [5.41, 5.74) is 1.47. The van der Waals surface area contributed by atoms with Crippen molar-refractivity contribution in [2.75, 3.05) is 66.0 Å². The van der Waals surface area contributed by atoms with Crippen LogP contribution in [0, 0.1) is 6.92 Å². The molecule has 2 saturated heterocycles. The molecule has 1 aromatic rings. The van der Waals surface area contributed by atoms with E-state index in [1.807, 2.05) is 11.3 Å². The molecule has 0 bridgehead atoms. The van der Waals surface area contributed by atoms with Crippen LogP contribution < -0.4 is 5.32 Å². The monoisotopic (exact) mass is 308 g/mol. The van der Waals surface area contributed by atoms with E-state index >= 15 is 0 Å². The van der Waals surface area contributed by atoms with Crippen LogP contribution in [0.1, 0.15) is 16.5 Å². The van der Waals surface area contributed by atoms with Gasteiger partial charge in [-0.15, -0.1) is 11.3 Å². The maximum Gasteiger partial charge on any atom is 0.0572 e. The van der Waals surface area contributed by atoms with E-state index in [9.17, 15) is 0 Å². The van der Waals surface area contributed by atoms with Crippen molar-refractivity contribution in [1.29, 1.82) is 0 Å². The number of hydrogen-bond acceptors (Lipinski definition) is 5. The lowest BCUT2D eigenvalue weighted by molar-refractivity contribution is 0.0935. The predicted octanol–water partition coefficient (Wildman–Crippen LogP) is 1.25. The predicted molar refractivity (Wildman–Crippen MR) is 90.2 cm³/mol. The lowest BCUT2D eigenvalue weighted by Crippen LogP contribution is -2.51. The van der Waals surface area contributed by atoms with Crippen LogP contribution in [0.4, 0.5) is 0 Å². The summed E-state index contributed by atoms with van der Waals surface area (Å²) >= 11 is 1.94. The summed E-state index contributed by atoms with van der Waals surface area (Å²) in [6, 6.07) is 2.86. The third-order valence-corrected chi connectivity index (χ3v) is 5.94. The fraction of sp³-hybridized carbons (Fsp3) is 0.750. The number of hydrogen-bond donors (Lipinski definition) is 1. The summed E-state index contributed by atoms with van der Waals surface area (Å²) in [6.07, 6.45) is 0. The smallest absolute Gasteiger partial charge is 0.0572 e. The molecule has 1 aromatic heterocycles. The molecule has 2 fully saturated rings. The van der Waals surface area contributed by atoms with Gasteiger partial charge in [-0.2, -0.15) is 0 Å². The van der Waals surface area contributed by atoms with Gasteiger partial charge in [0.2, 0.25) is 0 Å². The Hall–Kier alpha value is -0.460. The van der Waals surface area contributed by atoms with Crippen molar-refractivity contribution in [3.05, 3.63) is 21.9 Å². The van der Waals surface area contributed by atoms with Gasteiger partial charge in [-0.25, -0.2) is 0 Å². The van der Waals surface area contributed by atoms with Crippen LogP contribution >= 0.6 is 11.3 Å². The SMILES string of the molecule is Cc1ccsc1C(CN1CCN(C)CC1)N1CCNCC1. The van der Waals surface area contributed by atoms with Crippen molar-refractivity contribution in [3.8, 4) is 0 Å². The van der Waals surface area contributed by atoms with Crippen LogP contribution in [0.15, 0.2) is 11.4 Å². The van der Waals surface area contributed by atoms with Gasteiger partial charge >= 0.3 is 0 Å². The standard InChI is InChI=1S/C16H28N4S/c1-14-3-12-21-16(14)15(20-6-4-17-5-7-20)13-19-10-8-18(2)9-11-19/h3,12,15,17H,4-11,13H2,1-2H3. The highest BCUT2D eigenvalue weighted by Crippen LogP contribution is 2.30. The van der Waals surface area contributed by atoms with Crippen molar-refractivity contribution < 1.29 is 0 Å². The fourth-order valence-electron chi connectivity index (χ4n) is 3.36. The fourth-order valence-corrected chi connectivity index (χ4v) is 4.41. The van der Waals surface area contributed by atoms with Crippen molar-refractivity contribution in [2.24, 2.45) is 0 Å². The van der Waals surface area contributed by atoms with Gasteiger partial charge in [0.15, 0.2) is 0 Å². The number of piperazine rings is 2. The first kappa shape index (κ1) is 15.4. The van der Waals surface area contributed by atoms with E-state index in [1.54, 1.807) is 4.88 Å². The molecule has 0 saturated carbocycles. The first-order chi connectivity index (χ1) is 10.2. The summed E-state index contributed by atoms with van der Waals surface area (Å²) in [4.78, 5) is 9.36. The van der Waals surface area contributed by atoms with E-state index < -0.39 is 0 Å². The molecule has 21 heavy (non-hydrogen) atoms. The topological polar surface area (TPSA) is 21.8 Å². The largest absolute Gasteiger partial charge is 0.314 e. The Kier molecular flexibility index (Phi) is 5.29.